The van der Waals surface area contributed by atoms with Crippen LogP contribution in [0.4, 0.5) is 18.9 Å². The average Bonchev–Trinajstić information content (AvgIpc) is 2.74. The summed E-state index contributed by atoms with van der Waals surface area (Å²) < 4.78 is 68.5. The van der Waals surface area contributed by atoms with Crippen LogP contribution in [0.25, 0.3) is 0 Å². The fraction of sp³-hybridized carbons (Fsp3) is 0.136. The van der Waals surface area contributed by atoms with Crippen molar-refractivity contribution >= 4 is 21.6 Å². The number of sulfonamides is 1. The maximum atomic E-state index is 14.0. The average molecular weight is 448 g/mol. The fourth-order valence-electron chi connectivity index (χ4n) is 2.85. The number of carbonyl (C=O) groups is 1. The second kappa shape index (κ2) is 9.32. The van der Waals surface area contributed by atoms with Gasteiger partial charge in [-0.3, -0.25) is 4.79 Å². The molecule has 0 aliphatic heterocycles. The third-order valence-corrected chi connectivity index (χ3v) is 6.01. The Hall–Kier alpha value is -3.17. The third-order valence-electron chi connectivity index (χ3n) is 4.52. The molecule has 0 fully saturated rings. The molecule has 0 aliphatic rings. The highest BCUT2D eigenvalue weighted by Crippen LogP contribution is 2.20. The van der Waals surface area contributed by atoms with Gasteiger partial charge in [0.2, 0.25) is 15.9 Å². The van der Waals surface area contributed by atoms with Gasteiger partial charge in [-0.15, -0.1) is 0 Å². The van der Waals surface area contributed by atoms with E-state index < -0.39 is 45.1 Å². The Labute approximate surface area is 178 Å². The van der Waals surface area contributed by atoms with Crippen LogP contribution in [0.2, 0.25) is 0 Å². The lowest BCUT2D eigenvalue weighted by Crippen LogP contribution is -2.45. The smallest absolute Gasteiger partial charge is 0.242 e. The highest BCUT2D eigenvalue weighted by molar-refractivity contribution is 7.89. The lowest BCUT2D eigenvalue weighted by Gasteiger charge is -2.19. The molecule has 0 unspecified atom stereocenters. The second-order valence-electron chi connectivity index (χ2n) is 6.89. The van der Waals surface area contributed by atoms with Gasteiger partial charge in [0, 0.05) is 0 Å². The van der Waals surface area contributed by atoms with E-state index in [1.54, 1.807) is 49.4 Å². The fourth-order valence-corrected chi connectivity index (χ4v) is 4.05. The van der Waals surface area contributed by atoms with Crippen LogP contribution in [0.3, 0.4) is 0 Å². The van der Waals surface area contributed by atoms with Crippen molar-refractivity contribution in [3.63, 3.8) is 0 Å². The predicted molar refractivity (Wildman–Crippen MR) is 110 cm³/mol. The number of nitrogens with one attached hydrogen (secondary N) is 2. The lowest BCUT2D eigenvalue weighted by atomic mass is 10.1. The molecule has 162 valence electrons. The van der Waals surface area contributed by atoms with Crippen LogP contribution in [-0.4, -0.2) is 20.4 Å². The van der Waals surface area contributed by atoms with Crippen molar-refractivity contribution in [3.05, 3.63) is 95.3 Å². The summed E-state index contributed by atoms with van der Waals surface area (Å²) in [6.45, 7) is 1.80. The molecule has 0 heterocycles. The molecule has 0 bridgehead atoms. The summed E-state index contributed by atoms with van der Waals surface area (Å²) in [5, 5.41) is 2.13. The molecule has 0 radical (unpaired) electrons. The van der Waals surface area contributed by atoms with Crippen molar-refractivity contribution in [3.8, 4) is 0 Å². The summed E-state index contributed by atoms with van der Waals surface area (Å²) >= 11 is 0. The van der Waals surface area contributed by atoms with Crippen LogP contribution >= 0.6 is 0 Å². The molecular formula is C22H19F3N2O3S. The topological polar surface area (TPSA) is 75.3 Å². The molecule has 3 aromatic carbocycles. The number of halogens is 3. The standard InChI is InChI=1S/C22H19F3N2O3S/c1-14-7-9-16(10-8-14)31(29,30)27-19(13-15-5-3-2-4-6-15)22(28)26-18-12-11-17(23)20(24)21(18)25/h2-12,19,27H,13H2,1H3,(H,26,28)/t19-/m0/s1. The van der Waals surface area contributed by atoms with Crippen molar-refractivity contribution in [2.45, 2.75) is 24.3 Å². The Bertz CT molecular complexity index is 1180. The molecule has 1 amide bonds. The first-order valence-electron chi connectivity index (χ1n) is 9.24. The van der Waals surface area contributed by atoms with Gasteiger partial charge in [0.25, 0.3) is 0 Å². The highest BCUT2D eigenvalue weighted by Gasteiger charge is 2.27. The second-order valence-corrected chi connectivity index (χ2v) is 8.60. The van der Waals surface area contributed by atoms with Crippen LogP contribution in [-0.2, 0) is 21.2 Å². The summed E-state index contributed by atoms with van der Waals surface area (Å²) in [6.07, 6.45) is -0.0525. The molecule has 0 saturated carbocycles. The monoisotopic (exact) mass is 448 g/mol. The molecular weight excluding hydrogens is 429 g/mol. The molecule has 0 aliphatic carbocycles. The van der Waals surface area contributed by atoms with Crippen molar-refractivity contribution < 1.29 is 26.4 Å². The molecule has 1 atom stereocenters. The van der Waals surface area contributed by atoms with E-state index in [0.29, 0.717) is 11.6 Å². The largest absolute Gasteiger partial charge is 0.322 e. The first-order chi connectivity index (χ1) is 14.7. The normalized spacial score (nSPS) is 12.4. The highest BCUT2D eigenvalue weighted by atomic mass is 32.2. The summed E-state index contributed by atoms with van der Waals surface area (Å²) in [5.74, 6) is -5.65. The molecule has 9 heteroatoms. The van der Waals surface area contributed by atoms with Crippen LogP contribution < -0.4 is 10.0 Å². The van der Waals surface area contributed by atoms with Crippen molar-refractivity contribution in [1.82, 2.24) is 4.72 Å². The quantitative estimate of drug-likeness (QED) is 0.538. The number of rotatable bonds is 7. The van der Waals surface area contributed by atoms with Gasteiger partial charge in [0.1, 0.15) is 6.04 Å². The van der Waals surface area contributed by atoms with E-state index in [0.717, 1.165) is 11.6 Å². The minimum atomic E-state index is -4.10. The van der Waals surface area contributed by atoms with Gasteiger partial charge < -0.3 is 5.32 Å². The summed E-state index contributed by atoms with van der Waals surface area (Å²) in [5.41, 5.74) is 0.892. The summed E-state index contributed by atoms with van der Waals surface area (Å²) in [4.78, 5) is 12.8. The van der Waals surface area contributed by atoms with E-state index in [-0.39, 0.29) is 11.3 Å². The number of amides is 1. The zero-order valence-corrected chi connectivity index (χ0v) is 17.2. The Morgan fingerprint density at radius 1 is 0.903 bits per heavy atom. The van der Waals surface area contributed by atoms with E-state index in [1.165, 1.54) is 12.1 Å². The van der Waals surface area contributed by atoms with Gasteiger partial charge >= 0.3 is 0 Å². The van der Waals surface area contributed by atoms with E-state index in [9.17, 15) is 26.4 Å². The minimum Gasteiger partial charge on any atom is -0.322 e. The molecule has 0 saturated heterocycles. The van der Waals surface area contributed by atoms with Gasteiger partial charge in [-0.2, -0.15) is 4.72 Å². The van der Waals surface area contributed by atoms with Crippen LogP contribution in [0.1, 0.15) is 11.1 Å². The number of carbonyl (C=O) groups excluding carboxylic acids is 1. The van der Waals surface area contributed by atoms with Gasteiger partial charge in [-0.05, 0) is 43.2 Å². The molecule has 3 rings (SSSR count). The van der Waals surface area contributed by atoms with Gasteiger partial charge in [-0.25, -0.2) is 21.6 Å². The van der Waals surface area contributed by atoms with E-state index in [4.69, 9.17) is 0 Å². The maximum Gasteiger partial charge on any atom is 0.242 e. The first-order valence-corrected chi connectivity index (χ1v) is 10.7. The molecule has 3 aromatic rings. The zero-order valence-electron chi connectivity index (χ0n) is 16.4. The van der Waals surface area contributed by atoms with E-state index in [1.807, 2.05) is 0 Å². The third kappa shape index (κ3) is 5.50. The number of benzene rings is 3. The Morgan fingerprint density at radius 2 is 1.55 bits per heavy atom. The Kier molecular flexibility index (Phi) is 6.77. The zero-order chi connectivity index (χ0) is 22.6. The molecule has 2 N–H and O–H groups in total. The number of aryl methyl sites for hydroxylation is 1. The van der Waals surface area contributed by atoms with Crippen LogP contribution in [0.15, 0.2) is 71.6 Å². The van der Waals surface area contributed by atoms with Crippen molar-refractivity contribution in [2.75, 3.05) is 5.32 Å². The molecule has 5 nitrogen and oxygen atoms in total. The van der Waals surface area contributed by atoms with Gasteiger partial charge in [-0.1, -0.05) is 48.0 Å². The number of hydrogen-bond acceptors (Lipinski definition) is 3. The maximum absolute atomic E-state index is 14.0. The van der Waals surface area contributed by atoms with E-state index >= 15 is 0 Å². The van der Waals surface area contributed by atoms with Gasteiger partial charge in [0.15, 0.2) is 17.5 Å². The molecule has 0 spiro atoms. The van der Waals surface area contributed by atoms with Crippen molar-refractivity contribution in [1.29, 1.82) is 0 Å². The molecule has 0 aromatic heterocycles. The first kappa shape index (κ1) is 22.5. The number of hydrogen-bond donors (Lipinski definition) is 2. The van der Waals surface area contributed by atoms with Gasteiger partial charge in [0.05, 0.1) is 10.6 Å². The Morgan fingerprint density at radius 3 is 2.19 bits per heavy atom. The molecule has 31 heavy (non-hydrogen) atoms. The van der Waals surface area contributed by atoms with Crippen molar-refractivity contribution in [2.24, 2.45) is 0 Å². The van der Waals surface area contributed by atoms with Crippen LogP contribution in [0, 0.1) is 24.4 Å². The van der Waals surface area contributed by atoms with E-state index in [2.05, 4.69) is 10.0 Å². The SMILES string of the molecule is Cc1ccc(S(=O)(=O)N[C@@H](Cc2ccccc2)C(=O)Nc2ccc(F)c(F)c2F)cc1. The summed E-state index contributed by atoms with van der Waals surface area (Å²) in [6, 6.07) is 14.8. The lowest BCUT2D eigenvalue weighted by molar-refractivity contribution is -0.117. The van der Waals surface area contributed by atoms with Crippen LogP contribution in [0.5, 0.6) is 0 Å². The Balaban J connectivity index is 1.89. The minimum absolute atomic E-state index is 0.0525. The predicted octanol–water partition coefficient (Wildman–Crippen LogP) is 3.94. The summed E-state index contributed by atoms with van der Waals surface area (Å²) in [7, 11) is -4.10. The number of anilines is 1.